The quantitative estimate of drug-likeness (QED) is 0.873. The fourth-order valence-electron chi connectivity index (χ4n) is 1.38. The molecule has 0 aliphatic carbocycles. The lowest BCUT2D eigenvalue weighted by Crippen LogP contribution is -1.98. The van der Waals surface area contributed by atoms with Gasteiger partial charge in [-0.15, -0.1) is 11.3 Å². The third-order valence-electron chi connectivity index (χ3n) is 2.09. The predicted molar refractivity (Wildman–Crippen MR) is 62.4 cm³/mol. The second kappa shape index (κ2) is 4.31. The normalized spacial score (nSPS) is 12.7. The fourth-order valence-corrected chi connectivity index (χ4v) is 2.32. The van der Waals surface area contributed by atoms with E-state index in [4.69, 9.17) is 11.6 Å². The number of aryl methyl sites for hydroxylation is 1. The molecule has 2 aromatic rings. The molecule has 0 bridgehead atoms. The SMILES string of the molecule is Cc1cccc(C(O)c2ncc(Cl)s2)c1. The van der Waals surface area contributed by atoms with E-state index >= 15 is 0 Å². The smallest absolute Gasteiger partial charge is 0.131 e. The van der Waals surface area contributed by atoms with Gasteiger partial charge >= 0.3 is 0 Å². The van der Waals surface area contributed by atoms with Crippen molar-refractivity contribution in [3.63, 3.8) is 0 Å². The Kier molecular flexibility index (Phi) is 3.05. The third-order valence-corrected chi connectivity index (χ3v) is 3.25. The number of hydrogen-bond acceptors (Lipinski definition) is 3. The minimum Gasteiger partial charge on any atom is -0.381 e. The maximum absolute atomic E-state index is 10.0. The predicted octanol–water partition coefficient (Wildman–Crippen LogP) is 3.19. The van der Waals surface area contributed by atoms with Crippen molar-refractivity contribution in [1.29, 1.82) is 0 Å². The summed E-state index contributed by atoms with van der Waals surface area (Å²) in [4.78, 5) is 4.06. The monoisotopic (exact) mass is 239 g/mol. The van der Waals surface area contributed by atoms with E-state index in [1.54, 1.807) is 6.20 Å². The van der Waals surface area contributed by atoms with Crippen LogP contribution >= 0.6 is 22.9 Å². The average molecular weight is 240 g/mol. The molecule has 1 heterocycles. The summed E-state index contributed by atoms with van der Waals surface area (Å²) in [7, 11) is 0. The van der Waals surface area contributed by atoms with Crippen LogP contribution in [0.5, 0.6) is 0 Å². The molecule has 1 unspecified atom stereocenters. The Labute approximate surface area is 97.2 Å². The van der Waals surface area contributed by atoms with Crippen LogP contribution in [0.15, 0.2) is 30.5 Å². The van der Waals surface area contributed by atoms with Crippen molar-refractivity contribution in [3.8, 4) is 0 Å². The first kappa shape index (κ1) is 10.6. The molecule has 1 atom stereocenters. The Hall–Kier alpha value is -0.900. The molecule has 0 spiro atoms. The van der Waals surface area contributed by atoms with Gasteiger partial charge in [0.05, 0.1) is 6.20 Å². The average Bonchev–Trinajstić information content (AvgIpc) is 2.64. The maximum atomic E-state index is 10.0. The minimum absolute atomic E-state index is 0.594. The molecule has 2 nitrogen and oxygen atoms in total. The van der Waals surface area contributed by atoms with Crippen LogP contribution in [-0.4, -0.2) is 10.1 Å². The molecule has 78 valence electrons. The van der Waals surface area contributed by atoms with Crippen LogP contribution in [0, 0.1) is 6.92 Å². The van der Waals surface area contributed by atoms with E-state index in [9.17, 15) is 5.11 Å². The van der Waals surface area contributed by atoms with Gasteiger partial charge in [0, 0.05) is 0 Å². The molecule has 2 rings (SSSR count). The van der Waals surface area contributed by atoms with Crippen LogP contribution in [0.25, 0.3) is 0 Å². The van der Waals surface area contributed by atoms with Crippen molar-refractivity contribution in [3.05, 3.63) is 50.9 Å². The topological polar surface area (TPSA) is 33.1 Å². The number of aromatic nitrogens is 1. The molecule has 1 N–H and O–H groups in total. The maximum Gasteiger partial charge on any atom is 0.131 e. The molecular weight excluding hydrogens is 230 g/mol. The number of hydrogen-bond donors (Lipinski definition) is 1. The summed E-state index contributed by atoms with van der Waals surface area (Å²) in [6, 6.07) is 7.74. The summed E-state index contributed by atoms with van der Waals surface area (Å²) in [6.45, 7) is 1.99. The molecule has 0 saturated heterocycles. The van der Waals surface area contributed by atoms with Crippen molar-refractivity contribution >= 4 is 22.9 Å². The number of benzene rings is 1. The van der Waals surface area contributed by atoms with E-state index in [0.717, 1.165) is 11.1 Å². The van der Waals surface area contributed by atoms with Gasteiger partial charge in [-0.3, -0.25) is 0 Å². The molecule has 0 amide bonds. The van der Waals surface area contributed by atoms with Crippen LogP contribution in [0.3, 0.4) is 0 Å². The lowest BCUT2D eigenvalue weighted by atomic mass is 10.1. The first-order valence-electron chi connectivity index (χ1n) is 4.52. The lowest BCUT2D eigenvalue weighted by Gasteiger charge is -2.07. The Morgan fingerprint density at radius 2 is 2.27 bits per heavy atom. The van der Waals surface area contributed by atoms with E-state index in [-0.39, 0.29) is 0 Å². The summed E-state index contributed by atoms with van der Waals surface area (Å²) in [5.41, 5.74) is 1.97. The molecule has 4 heteroatoms. The highest BCUT2D eigenvalue weighted by Gasteiger charge is 2.14. The van der Waals surface area contributed by atoms with Crippen LogP contribution in [-0.2, 0) is 0 Å². The van der Waals surface area contributed by atoms with Crippen molar-refractivity contribution in [2.75, 3.05) is 0 Å². The zero-order chi connectivity index (χ0) is 10.8. The van der Waals surface area contributed by atoms with Gasteiger partial charge < -0.3 is 5.11 Å². The van der Waals surface area contributed by atoms with Crippen molar-refractivity contribution in [2.24, 2.45) is 0 Å². The van der Waals surface area contributed by atoms with Crippen molar-refractivity contribution < 1.29 is 5.11 Å². The largest absolute Gasteiger partial charge is 0.381 e. The molecule has 0 saturated carbocycles. The number of rotatable bonds is 2. The second-order valence-corrected chi connectivity index (χ2v) is 5.01. The van der Waals surface area contributed by atoms with E-state index in [1.165, 1.54) is 11.3 Å². The van der Waals surface area contributed by atoms with E-state index in [1.807, 2.05) is 31.2 Å². The molecular formula is C11H10ClNOS. The Balaban J connectivity index is 2.32. The Morgan fingerprint density at radius 1 is 1.47 bits per heavy atom. The standard InChI is InChI=1S/C11H10ClNOS/c1-7-3-2-4-8(5-7)10(14)11-13-6-9(12)15-11/h2-6,10,14H,1H3. The highest BCUT2D eigenvalue weighted by Crippen LogP contribution is 2.28. The summed E-state index contributed by atoms with van der Waals surface area (Å²) in [5, 5.41) is 10.6. The van der Waals surface area contributed by atoms with Crippen LogP contribution in [0.2, 0.25) is 4.34 Å². The highest BCUT2D eigenvalue weighted by atomic mass is 35.5. The number of halogens is 1. The van der Waals surface area contributed by atoms with E-state index in [2.05, 4.69) is 4.98 Å². The van der Waals surface area contributed by atoms with E-state index in [0.29, 0.717) is 9.34 Å². The summed E-state index contributed by atoms with van der Waals surface area (Å²) < 4.78 is 0.594. The number of thiazole rings is 1. The minimum atomic E-state index is -0.678. The summed E-state index contributed by atoms with van der Waals surface area (Å²) in [5.74, 6) is 0. The Bertz CT molecular complexity index is 469. The first-order chi connectivity index (χ1) is 7.16. The van der Waals surface area contributed by atoms with Crippen molar-refractivity contribution in [1.82, 2.24) is 4.98 Å². The van der Waals surface area contributed by atoms with Crippen LogP contribution in [0.4, 0.5) is 0 Å². The molecule has 1 aromatic carbocycles. The van der Waals surface area contributed by atoms with Gasteiger partial charge in [-0.2, -0.15) is 0 Å². The molecule has 0 aliphatic heterocycles. The lowest BCUT2D eigenvalue weighted by molar-refractivity contribution is 0.219. The van der Waals surface area contributed by atoms with Gasteiger partial charge in [0.1, 0.15) is 15.4 Å². The van der Waals surface area contributed by atoms with Crippen molar-refractivity contribution in [2.45, 2.75) is 13.0 Å². The van der Waals surface area contributed by atoms with Crippen LogP contribution < -0.4 is 0 Å². The van der Waals surface area contributed by atoms with Gasteiger partial charge in [0.25, 0.3) is 0 Å². The van der Waals surface area contributed by atoms with Crippen LogP contribution in [0.1, 0.15) is 22.2 Å². The zero-order valence-corrected chi connectivity index (χ0v) is 9.72. The van der Waals surface area contributed by atoms with Gasteiger partial charge in [-0.05, 0) is 12.5 Å². The third kappa shape index (κ3) is 2.37. The van der Waals surface area contributed by atoms with Gasteiger partial charge in [0.2, 0.25) is 0 Å². The number of nitrogens with zero attached hydrogens (tertiary/aromatic N) is 1. The van der Waals surface area contributed by atoms with E-state index < -0.39 is 6.10 Å². The molecule has 0 aliphatic rings. The fraction of sp³-hybridized carbons (Fsp3) is 0.182. The number of aliphatic hydroxyl groups excluding tert-OH is 1. The number of aliphatic hydroxyl groups is 1. The second-order valence-electron chi connectivity index (χ2n) is 3.32. The molecule has 1 aromatic heterocycles. The first-order valence-corrected chi connectivity index (χ1v) is 5.72. The van der Waals surface area contributed by atoms with Gasteiger partial charge in [-0.1, -0.05) is 41.4 Å². The molecule has 15 heavy (non-hydrogen) atoms. The van der Waals surface area contributed by atoms with Gasteiger partial charge in [0.15, 0.2) is 0 Å². The zero-order valence-electron chi connectivity index (χ0n) is 8.14. The molecule has 0 fully saturated rings. The van der Waals surface area contributed by atoms with Gasteiger partial charge in [-0.25, -0.2) is 4.98 Å². The highest BCUT2D eigenvalue weighted by molar-refractivity contribution is 7.15. The molecule has 0 radical (unpaired) electrons. The summed E-state index contributed by atoms with van der Waals surface area (Å²) in [6.07, 6.45) is 0.878. The summed E-state index contributed by atoms with van der Waals surface area (Å²) >= 11 is 7.07. The Morgan fingerprint density at radius 3 is 2.87 bits per heavy atom.